The van der Waals surface area contributed by atoms with E-state index in [1.807, 2.05) is 32.9 Å². The van der Waals surface area contributed by atoms with Gasteiger partial charge in [-0.05, 0) is 64.8 Å². The number of nitrogens with zero attached hydrogens (tertiary/aromatic N) is 2. The fraction of sp³-hybridized carbons (Fsp3) is 0.444. The molecule has 6 nitrogen and oxygen atoms in total. The number of rotatable bonds is 1. The Bertz CT molecular complexity index is 849. The van der Waals surface area contributed by atoms with Gasteiger partial charge in [-0.1, -0.05) is 0 Å². The first-order valence-electron chi connectivity index (χ1n) is 8.39. The molecule has 0 spiro atoms. The molecule has 0 radical (unpaired) electrons. The van der Waals surface area contributed by atoms with Crippen LogP contribution in [0, 0.1) is 0 Å². The van der Waals surface area contributed by atoms with Gasteiger partial charge in [0.1, 0.15) is 5.60 Å². The summed E-state index contributed by atoms with van der Waals surface area (Å²) in [7, 11) is 0. The molecule has 0 unspecified atom stereocenters. The minimum atomic E-state index is -0.518. The van der Waals surface area contributed by atoms with Crippen molar-refractivity contribution >= 4 is 54.8 Å². The quantitative estimate of drug-likeness (QED) is 0.650. The van der Waals surface area contributed by atoms with Gasteiger partial charge in [-0.3, -0.25) is 4.79 Å². The van der Waals surface area contributed by atoms with Crippen LogP contribution in [0.25, 0.3) is 10.9 Å². The number of amides is 2. The molecule has 1 aliphatic heterocycles. The van der Waals surface area contributed by atoms with E-state index in [9.17, 15) is 9.59 Å². The zero-order valence-electron chi connectivity index (χ0n) is 14.9. The van der Waals surface area contributed by atoms with Crippen molar-refractivity contribution in [3.8, 4) is 0 Å². The highest BCUT2D eigenvalue weighted by Gasteiger charge is 2.29. The second kappa shape index (κ2) is 7.23. The Morgan fingerprint density at radius 2 is 1.62 bits per heavy atom. The zero-order valence-corrected chi connectivity index (χ0v) is 18.1. The van der Waals surface area contributed by atoms with Crippen molar-refractivity contribution in [1.82, 2.24) is 14.8 Å². The van der Waals surface area contributed by atoms with Gasteiger partial charge in [-0.15, -0.1) is 0 Å². The number of fused-ring (bicyclic) bond motifs is 1. The highest BCUT2D eigenvalue weighted by atomic mass is 79.9. The molecule has 1 saturated heterocycles. The average Bonchev–Trinajstić information content (AvgIpc) is 2.96. The van der Waals surface area contributed by atoms with Crippen molar-refractivity contribution in [3.05, 3.63) is 32.8 Å². The molecule has 1 aliphatic rings. The number of aromatic nitrogens is 1. The first-order valence-corrected chi connectivity index (χ1v) is 9.97. The summed E-state index contributed by atoms with van der Waals surface area (Å²) in [4.78, 5) is 31.6. The summed E-state index contributed by atoms with van der Waals surface area (Å²) in [6.07, 6.45) is 1.41. The van der Waals surface area contributed by atoms with Crippen molar-refractivity contribution in [3.63, 3.8) is 0 Å². The lowest BCUT2D eigenvalue weighted by molar-refractivity contribution is 0.0141. The summed E-state index contributed by atoms with van der Waals surface area (Å²) in [5, 5.41) is 0.875. The third kappa shape index (κ3) is 4.06. The monoisotopic (exact) mass is 485 g/mol. The summed E-state index contributed by atoms with van der Waals surface area (Å²) < 4.78 is 7.22. The normalized spacial score (nSPS) is 15.4. The van der Waals surface area contributed by atoms with Crippen LogP contribution in [0.1, 0.15) is 31.1 Å². The second-order valence-electron chi connectivity index (χ2n) is 7.27. The van der Waals surface area contributed by atoms with E-state index in [-0.39, 0.29) is 12.0 Å². The number of hydrogen-bond acceptors (Lipinski definition) is 3. The maximum Gasteiger partial charge on any atom is 0.410 e. The molecular weight excluding hydrogens is 466 g/mol. The molecular formula is C18H21Br2N3O3. The van der Waals surface area contributed by atoms with E-state index < -0.39 is 5.60 Å². The van der Waals surface area contributed by atoms with E-state index in [2.05, 4.69) is 36.8 Å². The number of carbonyl (C=O) groups is 2. The number of nitrogens with one attached hydrogen (secondary N) is 1. The Kier molecular flexibility index (Phi) is 5.35. The van der Waals surface area contributed by atoms with Gasteiger partial charge in [0.25, 0.3) is 5.91 Å². The predicted octanol–water partition coefficient (Wildman–Crippen LogP) is 4.39. The largest absolute Gasteiger partial charge is 0.444 e. The Balaban J connectivity index is 1.69. The van der Waals surface area contributed by atoms with Crippen LogP contribution in [-0.4, -0.2) is 58.6 Å². The third-order valence-electron chi connectivity index (χ3n) is 4.17. The van der Waals surface area contributed by atoms with Crippen LogP contribution >= 0.6 is 31.9 Å². The highest BCUT2D eigenvalue weighted by Crippen LogP contribution is 2.30. The standard InChI is InChI=1S/C18H21Br2N3O3/c1-18(2,3)26-17(25)23-6-4-22(5-7-23)16(24)12-10-21-15-9-14(20)13(19)8-11(12)15/h8-10,21H,4-7H2,1-3H3. The number of aromatic amines is 1. The fourth-order valence-electron chi connectivity index (χ4n) is 2.88. The molecule has 3 rings (SSSR count). The maximum atomic E-state index is 12.9. The molecule has 1 N–H and O–H groups in total. The predicted molar refractivity (Wildman–Crippen MR) is 107 cm³/mol. The number of hydrogen-bond donors (Lipinski definition) is 1. The molecule has 2 heterocycles. The molecule has 0 atom stereocenters. The minimum absolute atomic E-state index is 0.0330. The second-order valence-corrected chi connectivity index (χ2v) is 8.98. The topological polar surface area (TPSA) is 65.6 Å². The van der Waals surface area contributed by atoms with Gasteiger partial charge in [-0.25, -0.2) is 4.79 Å². The lowest BCUT2D eigenvalue weighted by Gasteiger charge is -2.35. The van der Waals surface area contributed by atoms with Crippen LogP contribution in [0.5, 0.6) is 0 Å². The van der Waals surface area contributed by atoms with Crippen molar-refractivity contribution < 1.29 is 14.3 Å². The summed E-state index contributed by atoms with van der Waals surface area (Å²) in [5.41, 5.74) is 1.02. The van der Waals surface area contributed by atoms with Crippen LogP contribution in [-0.2, 0) is 4.74 Å². The van der Waals surface area contributed by atoms with Gasteiger partial charge in [-0.2, -0.15) is 0 Å². The molecule has 1 fully saturated rings. The molecule has 8 heteroatoms. The summed E-state index contributed by atoms with van der Waals surface area (Å²) in [6.45, 7) is 7.45. The maximum absolute atomic E-state index is 12.9. The van der Waals surface area contributed by atoms with E-state index in [0.717, 1.165) is 19.8 Å². The van der Waals surface area contributed by atoms with Crippen molar-refractivity contribution in [2.75, 3.05) is 26.2 Å². The van der Waals surface area contributed by atoms with Crippen molar-refractivity contribution in [2.24, 2.45) is 0 Å². The molecule has 26 heavy (non-hydrogen) atoms. The molecule has 0 bridgehead atoms. The number of piperazine rings is 1. The molecule has 1 aromatic carbocycles. The molecule has 0 aliphatic carbocycles. The Morgan fingerprint density at radius 3 is 2.23 bits per heavy atom. The Labute approximate surface area is 169 Å². The van der Waals surface area contributed by atoms with Gasteiger partial charge >= 0.3 is 6.09 Å². The fourth-order valence-corrected chi connectivity index (χ4v) is 3.57. The lowest BCUT2D eigenvalue weighted by atomic mass is 10.1. The number of carbonyl (C=O) groups excluding carboxylic acids is 2. The van der Waals surface area contributed by atoms with E-state index >= 15 is 0 Å². The number of ether oxygens (including phenoxy) is 1. The van der Waals surface area contributed by atoms with E-state index in [0.29, 0.717) is 31.7 Å². The van der Waals surface area contributed by atoms with Crippen molar-refractivity contribution in [2.45, 2.75) is 26.4 Å². The van der Waals surface area contributed by atoms with E-state index in [4.69, 9.17) is 4.74 Å². The summed E-state index contributed by atoms with van der Waals surface area (Å²) in [6, 6.07) is 3.87. The van der Waals surface area contributed by atoms with Crippen LogP contribution in [0.4, 0.5) is 4.79 Å². The van der Waals surface area contributed by atoms with Crippen molar-refractivity contribution in [1.29, 1.82) is 0 Å². The molecule has 140 valence electrons. The molecule has 2 amide bonds. The first-order chi connectivity index (χ1) is 12.2. The summed E-state index contributed by atoms with van der Waals surface area (Å²) >= 11 is 6.95. The van der Waals surface area contributed by atoms with Crippen LogP contribution in [0.2, 0.25) is 0 Å². The Hall–Kier alpha value is -1.54. The smallest absolute Gasteiger partial charge is 0.410 e. The minimum Gasteiger partial charge on any atom is -0.444 e. The van der Waals surface area contributed by atoms with Gasteiger partial charge in [0.15, 0.2) is 0 Å². The van der Waals surface area contributed by atoms with Crippen LogP contribution in [0.3, 0.4) is 0 Å². The lowest BCUT2D eigenvalue weighted by Crippen LogP contribution is -2.51. The average molecular weight is 487 g/mol. The van der Waals surface area contributed by atoms with E-state index in [1.54, 1.807) is 16.0 Å². The third-order valence-corrected chi connectivity index (χ3v) is 6.02. The van der Waals surface area contributed by atoms with Gasteiger partial charge < -0.3 is 19.5 Å². The number of H-pyrrole nitrogens is 1. The zero-order chi connectivity index (χ0) is 19.1. The SMILES string of the molecule is CC(C)(C)OC(=O)N1CCN(C(=O)c2c[nH]c3cc(Br)c(Br)cc23)CC1. The van der Waals surface area contributed by atoms with Crippen LogP contribution < -0.4 is 0 Å². The number of benzene rings is 1. The highest BCUT2D eigenvalue weighted by molar-refractivity contribution is 9.13. The van der Waals surface area contributed by atoms with Crippen LogP contribution in [0.15, 0.2) is 27.3 Å². The molecule has 2 aromatic rings. The number of halogens is 2. The molecule has 1 aromatic heterocycles. The van der Waals surface area contributed by atoms with Gasteiger partial charge in [0.2, 0.25) is 0 Å². The van der Waals surface area contributed by atoms with Gasteiger partial charge in [0, 0.05) is 52.2 Å². The molecule has 0 saturated carbocycles. The summed E-state index contributed by atoms with van der Waals surface area (Å²) in [5.74, 6) is -0.0330. The Morgan fingerprint density at radius 1 is 1.04 bits per heavy atom. The van der Waals surface area contributed by atoms with Gasteiger partial charge in [0.05, 0.1) is 5.56 Å². The first kappa shape index (κ1) is 19.2. The van der Waals surface area contributed by atoms with E-state index in [1.165, 1.54) is 0 Å².